The van der Waals surface area contributed by atoms with Crippen LogP contribution in [0, 0.1) is 10.1 Å². The first-order valence-corrected chi connectivity index (χ1v) is 6.90. The third-order valence-electron chi connectivity index (χ3n) is 1.65. The minimum absolute atomic E-state index is 0.0698. The van der Waals surface area contributed by atoms with Crippen LogP contribution in [0.2, 0.25) is 0 Å². The second kappa shape index (κ2) is 4.76. The molecule has 0 spiro atoms. The Balaban J connectivity index is 3.15. The third-order valence-corrected chi connectivity index (χ3v) is 4.53. The summed E-state index contributed by atoms with van der Waals surface area (Å²) in [5, 5.41) is 22.0. The smallest absolute Gasteiger partial charge is 0.304 e. The number of rotatable bonds is 5. The van der Waals surface area contributed by atoms with Crippen molar-refractivity contribution in [3.63, 3.8) is 0 Å². The molecule has 1 aromatic rings. The number of aliphatic hydroxyl groups is 1. The number of hydrogen-bond donors (Lipinski definition) is 2. The maximum atomic E-state index is 11.2. The molecule has 0 amide bonds. The second-order valence-corrected chi connectivity index (χ2v) is 6.25. The molecule has 7 nitrogen and oxygen atoms in total. The molecule has 0 saturated carbocycles. The first kappa shape index (κ1) is 12.9. The first-order valence-electron chi connectivity index (χ1n) is 4.19. The molecule has 1 heterocycles. The van der Waals surface area contributed by atoms with E-state index in [0.717, 1.165) is 23.7 Å². The molecule has 0 saturated heterocycles. The van der Waals surface area contributed by atoms with E-state index in [9.17, 15) is 18.5 Å². The molecule has 0 bridgehead atoms. The van der Waals surface area contributed by atoms with E-state index in [0.29, 0.717) is 0 Å². The van der Waals surface area contributed by atoms with Gasteiger partial charge in [0.25, 0.3) is 0 Å². The first-order chi connectivity index (χ1) is 7.36. The van der Waals surface area contributed by atoms with Crippen molar-refractivity contribution in [1.29, 1.82) is 0 Å². The minimum Gasteiger partial charge on any atom is -0.395 e. The standard InChI is InChI=1S/C7H10N2O5S2/c1-16(13,14)6-4-5(9(11)12)7(15-6)8-2-3-10/h4,8,10H,2-3H2,1H3. The van der Waals surface area contributed by atoms with Crippen LogP contribution in [0.5, 0.6) is 0 Å². The van der Waals surface area contributed by atoms with Gasteiger partial charge in [-0.25, -0.2) is 8.42 Å². The Kier molecular flexibility index (Phi) is 3.83. The summed E-state index contributed by atoms with van der Waals surface area (Å²) in [4.78, 5) is 9.98. The van der Waals surface area contributed by atoms with Gasteiger partial charge in [0, 0.05) is 18.9 Å². The highest BCUT2D eigenvalue weighted by atomic mass is 32.2. The van der Waals surface area contributed by atoms with Crippen LogP contribution in [0.25, 0.3) is 0 Å². The zero-order valence-electron chi connectivity index (χ0n) is 8.34. The molecule has 0 unspecified atom stereocenters. The number of hydrogen-bond acceptors (Lipinski definition) is 7. The normalized spacial score (nSPS) is 11.4. The monoisotopic (exact) mass is 266 g/mol. The lowest BCUT2D eigenvalue weighted by Gasteiger charge is -1.98. The fourth-order valence-corrected chi connectivity index (χ4v) is 2.94. The maximum absolute atomic E-state index is 11.2. The molecule has 0 aromatic carbocycles. The lowest BCUT2D eigenvalue weighted by atomic mass is 10.5. The number of nitrogens with zero attached hydrogens (tertiary/aromatic N) is 1. The Morgan fingerprint density at radius 1 is 1.62 bits per heavy atom. The zero-order chi connectivity index (χ0) is 12.3. The van der Waals surface area contributed by atoms with Crippen molar-refractivity contribution in [2.45, 2.75) is 4.21 Å². The van der Waals surface area contributed by atoms with Gasteiger partial charge < -0.3 is 10.4 Å². The predicted molar refractivity (Wildman–Crippen MR) is 59.7 cm³/mol. The van der Waals surface area contributed by atoms with Crippen molar-refractivity contribution < 1.29 is 18.4 Å². The van der Waals surface area contributed by atoms with Crippen LogP contribution in [-0.4, -0.2) is 37.9 Å². The van der Waals surface area contributed by atoms with Gasteiger partial charge in [0.2, 0.25) is 0 Å². The summed E-state index contributed by atoms with van der Waals surface area (Å²) in [6, 6.07) is 1.01. The van der Waals surface area contributed by atoms with Crippen molar-refractivity contribution in [1.82, 2.24) is 0 Å². The summed E-state index contributed by atoms with van der Waals surface area (Å²) >= 11 is 0.783. The van der Waals surface area contributed by atoms with Gasteiger partial charge in [0.15, 0.2) is 14.8 Å². The topological polar surface area (TPSA) is 110 Å². The van der Waals surface area contributed by atoms with Crippen molar-refractivity contribution in [3.8, 4) is 0 Å². The summed E-state index contributed by atoms with van der Waals surface area (Å²) in [5.41, 5.74) is -0.293. The van der Waals surface area contributed by atoms with Crippen LogP contribution in [0.1, 0.15) is 0 Å². The summed E-state index contributed by atoms with van der Waals surface area (Å²) in [6.45, 7) is -0.0617. The predicted octanol–water partition coefficient (Wildman–Crippen LogP) is 0.464. The van der Waals surface area contributed by atoms with Crippen LogP contribution in [0.3, 0.4) is 0 Å². The van der Waals surface area contributed by atoms with Gasteiger partial charge in [-0.2, -0.15) is 0 Å². The lowest BCUT2D eigenvalue weighted by molar-refractivity contribution is -0.383. The molecule has 90 valence electrons. The largest absolute Gasteiger partial charge is 0.395 e. The highest BCUT2D eigenvalue weighted by molar-refractivity contribution is 7.92. The van der Waals surface area contributed by atoms with Gasteiger partial charge >= 0.3 is 5.69 Å². The molecule has 0 aliphatic rings. The van der Waals surface area contributed by atoms with Crippen LogP contribution < -0.4 is 5.32 Å². The Bertz CT molecular complexity index is 493. The highest BCUT2D eigenvalue weighted by Crippen LogP contribution is 2.36. The molecule has 2 N–H and O–H groups in total. The second-order valence-electron chi connectivity index (χ2n) is 2.96. The Morgan fingerprint density at radius 2 is 2.25 bits per heavy atom. The van der Waals surface area contributed by atoms with E-state index >= 15 is 0 Å². The van der Waals surface area contributed by atoms with Crippen molar-refractivity contribution in [2.24, 2.45) is 0 Å². The van der Waals surface area contributed by atoms with E-state index in [1.165, 1.54) is 0 Å². The van der Waals surface area contributed by atoms with Gasteiger partial charge in [0.05, 0.1) is 11.5 Å². The Morgan fingerprint density at radius 3 is 2.69 bits per heavy atom. The quantitative estimate of drug-likeness (QED) is 0.592. The fraction of sp³-hybridized carbons (Fsp3) is 0.429. The molecule has 0 atom stereocenters. The average Bonchev–Trinajstić information content (AvgIpc) is 2.57. The molecule has 9 heteroatoms. The molecule has 16 heavy (non-hydrogen) atoms. The van der Waals surface area contributed by atoms with Crippen molar-refractivity contribution in [3.05, 3.63) is 16.2 Å². The van der Waals surface area contributed by atoms with Crippen LogP contribution >= 0.6 is 11.3 Å². The molecular weight excluding hydrogens is 256 g/mol. The summed E-state index contributed by atoms with van der Waals surface area (Å²) < 4.78 is 22.3. The molecule has 0 aliphatic carbocycles. The van der Waals surface area contributed by atoms with Gasteiger partial charge in [-0.15, -0.1) is 0 Å². The average molecular weight is 266 g/mol. The van der Waals surface area contributed by atoms with Gasteiger partial charge in [-0.1, -0.05) is 11.3 Å². The summed E-state index contributed by atoms with van der Waals surface area (Å²) in [7, 11) is -3.45. The molecular formula is C7H10N2O5S2. The summed E-state index contributed by atoms with van der Waals surface area (Å²) in [6.07, 6.45) is 0.985. The highest BCUT2D eigenvalue weighted by Gasteiger charge is 2.23. The van der Waals surface area contributed by atoms with Crippen molar-refractivity contribution >= 4 is 31.9 Å². The molecule has 0 radical (unpaired) electrons. The van der Waals surface area contributed by atoms with E-state index in [-0.39, 0.29) is 28.0 Å². The van der Waals surface area contributed by atoms with Crippen LogP contribution in [-0.2, 0) is 9.84 Å². The fourth-order valence-electron chi connectivity index (χ4n) is 0.974. The number of anilines is 1. The van der Waals surface area contributed by atoms with Crippen LogP contribution in [0.15, 0.2) is 10.3 Å². The number of nitrogens with one attached hydrogen (secondary N) is 1. The van der Waals surface area contributed by atoms with E-state index in [1.54, 1.807) is 0 Å². The van der Waals surface area contributed by atoms with E-state index in [1.807, 2.05) is 0 Å². The lowest BCUT2D eigenvalue weighted by Crippen LogP contribution is -2.05. The van der Waals surface area contributed by atoms with Crippen molar-refractivity contribution in [2.75, 3.05) is 24.7 Å². The number of nitro groups is 1. The molecule has 0 aliphatic heterocycles. The van der Waals surface area contributed by atoms with Gasteiger partial charge in [-0.05, 0) is 0 Å². The van der Waals surface area contributed by atoms with Crippen LogP contribution in [0.4, 0.5) is 10.7 Å². The molecule has 0 fully saturated rings. The molecule has 1 rings (SSSR count). The zero-order valence-corrected chi connectivity index (χ0v) is 9.97. The van der Waals surface area contributed by atoms with E-state index < -0.39 is 14.8 Å². The van der Waals surface area contributed by atoms with Gasteiger partial charge in [-0.3, -0.25) is 10.1 Å². The van der Waals surface area contributed by atoms with E-state index in [4.69, 9.17) is 5.11 Å². The van der Waals surface area contributed by atoms with E-state index in [2.05, 4.69) is 5.32 Å². The Labute approximate surface area is 95.8 Å². The Hall–Kier alpha value is -1.19. The number of aliphatic hydroxyl groups excluding tert-OH is 1. The SMILES string of the molecule is CS(=O)(=O)c1cc([N+](=O)[O-])c(NCCO)s1. The molecule has 1 aromatic heterocycles. The number of sulfone groups is 1. The minimum atomic E-state index is -3.45. The summed E-state index contributed by atoms with van der Waals surface area (Å²) in [5.74, 6) is 0. The maximum Gasteiger partial charge on any atom is 0.304 e. The number of thiophene rings is 1. The third kappa shape index (κ3) is 2.90. The van der Waals surface area contributed by atoms with Gasteiger partial charge in [0.1, 0.15) is 4.21 Å².